The molecule has 0 aliphatic heterocycles. The first-order chi connectivity index (χ1) is 8.13. The van der Waals surface area contributed by atoms with Crippen molar-refractivity contribution in [3.8, 4) is 0 Å². The molecular weight excluding hydrogens is 219 g/mol. The standard InChI is InChI=1S/C13H15FN2O/c1-8-3-4-11(14)10(7-8)12(16-15)13-9(2)5-6-17-13/h3-7,12,16H,15H2,1-2H3. The van der Waals surface area contributed by atoms with E-state index in [-0.39, 0.29) is 5.82 Å². The Bertz CT molecular complexity index is 522. The maximum Gasteiger partial charge on any atom is 0.129 e. The summed E-state index contributed by atoms with van der Waals surface area (Å²) in [5.41, 5.74) is 5.00. The molecule has 0 fully saturated rings. The summed E-state index contributed by atoms with van der Waals surface area (Å²) in [6.45, 7) is 3.81. The van der Waals surface area contributed by atoms with E-state index in [1.807, 2.05) is 19.9 Å². The molecule has 0 aliphatic carbocycles. The molecule has 1 heterocycles. The Hall–Kier alpha value is -1.65. The second-order valence-electron chi connectivity index (χ2n) is 4.09. The van der Waals surface area contributed by atoms with Crippen LogP contribution < -0.4 is 11.3 Å². The summed E-state index contributed by atoms with van der Waals surface area (Å²) in [4.78, 5) is 0. The minimum Gasteiger partial charge on any atom is -0.467 e. The van der Waals surface area contributed by atoms with Crippen LogP contribution in [0, 0.1) is 19.7 Å². The molecule has 1 aromatic heterocycles. The van der Waals surface area contributed by atoms with Crippen LogP contribution in [0.25, 0.3) is 0 Å². The van der Waals surface area contributed by atoms with Crippen LogP contribution in [0.3, 0.4) is 0 Å². The summed E-state index contributed by atoms with van der Waals surface area (Å²) in [5.74, 6) is 5.85. The van der Waals surface area contributed by atoms with Gasteiger partial charge in [-0.25, -0.2) is 9.82 Å². The van der Waals surface area contributed by atoms with Crippen molar-refractivity contribution in [3.05, 3.63) is 58.8 Å². The largest absolute Gasteiger partial charge is 0.467 e. The monoisotopic (exact) mass is 234 g/mol. The van der Waals surface area contributed by atoms with Crippen LogP contribution in [0.1, 0.15) is 28.5 Å². The average Bonchev–Trinajstić information content (AvgIpc) is 2.71. The molecule has 0 saturated carbocycles. The highest BCUT2D eigenvalue weighted by Gasteiger charge is 2.21. The summed E-state index contributed by atoms with van der Waals surface area (Å²) in [6.07, 6.45) is 1.57. The predicted molar refractivity (Wildman–Crippen MR) is 63.7 cm³/mol. The van der Waals surface area contributed by atoms with Crippen LogP contribution in [-0.2, 0) is 0 Å². The number of nitrogens with one attached hydrogen (secondary N) is 1. The van der Waals surface area contributed by atoms with Crippen LogP contribution >= 0.6 is 0 Å². The van der Waals surface area contributed by atoms with Gasteiger partial charge in [-0.2, -0.15) is 0 Å². The molecule has 0 radical (unpaired) electrons. The minimum absolute atomic E-state index is 0.297. The molecule has 2 aromatic rings. The Morgan fingerprint density at radius 3 is 2.65 bits per heavy atom. The van der Waals surface area contributed by atoms with Gasteiger partial charge in [0.15, 0.2) is 0 Å². The fraction of sp³-hybridized carbons (Fsp3) is 0.231. The quantitative estimate of drug-likeness (QED) is 0.634. The second-order valence-corrected chi connectivity index (χ2v) is 4.09. The van der Waals surface area contributed by atoms with E-state index in [2.05, 4.69) is 5.43 Å². The van der Waals surface area contributed by atoms with E-state index in [1.165, 1.54) is 6.07 Å². The van der Waals surface area contributed by atoms with Gasteiger partial charge in [-0.3, -0.25) is 5.84 Å². The van der Waals surface area contributed by atoms with Crippen molar-refractivity contribution in [2.75, 3.05) is 0 Å². The van der Waals surface area contributed by atoms with Gasteiger partial charge in [-0.15, -0.1) is 0 Å². The fourth-order valence-electron chi connectivity index (χ4n) is 1.87. The highest BCUT2D eigenvalue weighted by molar-refractivity contribution is 5.34. The third-order valence-electron chi connectivity index (χ3n) is 2.79. The van der Waals surface area contributed by atoms with Gasteiger partial charge in [0.05, 0.1) is 6.26 Å². The van der Waals surface area contributed by atoms with Crippen LogP contribution in [0.2, 0.25) is 0 Å². The lowest BCUT2D eigenvalue weighted by Crippen LogP contribution is -2.29. The van der Waals surface area contributed by atoms with Crippen LogP contribution in [-0.4, -0.2) is 0 Å². The van der Waals surface area contributed by atoms with Gasteiger partial charge in [0.2, 0.25) is 0 Å². The van der Waals surface area contributed by atoms with Gasteiger partial charge in [-0.05, 0) is 31.5 Å². The minimum atomic E-state index is -0.468. The SMILES string of the molecule is Cc1ccc(F)c(C(NN)c2occc2C)c1. The van der Waals surface area contributed by atoms with E-state index < -0.39 is 6.04 Å². The smallest absolute Gasteiger partial charge is 0.129 e. The first-order valence-electron chi connectivity index (χ1n) is 5.39. The lowest BCUT2D eigenvalue weighted by atomic mass is 10.0. The fourth-order valence-corrected chi connectivity index (χ4v) is 1.87. The van der Waals surface area contributed by atoms with Crippen LogP contribution in [0.15, 0.2) is 34.9 Å². The topological polar surface area (TPSA) is 51.2 Å². The van der Waals surface area contributed by atoms with Crippen LogP contribution in [0.5, 0.6) is 0 Å². The highest BCUT2D eigenvalue weighted by atomic mass is 19.1. The zero-order valence-corrected chi connectivity index (χ0v) is 9.83. The molecule has 0 bridgehead atoms. The van der Waals surface area contributed by atoms with E-state index in [0.717, 1.165) is 11.1 Å². The molecule has 0 aliphatic rings. The number of hydrogen-bond donors (Lipinski definition) is 2. The molecular formula is C13H15FN2O. The summed E-state index contributed by atoms with van der Waals surface area (Å²) >= 11 is 0. The number of furan rings is 1. The van der Waals surface area contributed by atoms with E-state index in [4.69, 9.17) is 10.3 Å². The maximum atomic E-state index is 13.8. The van der Waals surface area contributed by atoms with E-state index in [9.17, 15) is 4.39 Å². The first-order valence-corrected chi connectivity index (χ1v) is 5.39. The molecule has 1 unspecified atom stereocenters. The van der Waals surface area contributed by atoms with Crippen LogP contribution in [0.4, 0.5) is 4.39 Å². The number of hydrazine groups is 1. The third-order valence-corrected chi connectivity index (χ3v) is 2.79. The van der Waals surface area contributed by atoms with Crippen molar-refractivity contribution in [1.29, 1.82) is 0 Å². The second kappa shape index (κ2) is 4.69. The number of aryl methyl sites for hydroxylation is 2. The number of benzene rings is 1. The molecule has 2 rings (SSSR count). The molecule has 17 heavy (non-hydrogen) atoms. The van der Waals surface area contributed by atoms with Gasteiger partial charge in [0.25, 0.3) is 0 Å². The Balaban J connectivity index is 2.49. The van der Waals surface area contributed by atoms with Gasteiger partial charge in [0.1, 0.15) is 17.6 Å². The number of rotatable bonds is 3. The third kappa shape index (κ3) is 2.23. The predicted octanol–water partition coefficient (Wildman–Crippen LogP) is 2.59. The Morgan fingerprint density at radius 2 is 2.06 bits per heavy atom. The van der Waals surface area contributed by atoms with Gasteiger partial charge in [-0.1, -0.05) is 17.7 Å². The summed E-state index contributed by atoms with van der Waals surface area (Å²) in [5, 5.41) is 0. The molecule has 3 N–H and O–H groups in total. The molecule has 4 heteroatoms. The first kappa shape index (κ1) is 11.8. The number of halogens is 1. The Labute approximate surface area is 99.4 Å². The molecule has 0 spiro atoms. The van der Waals surface area contributed by atoms with Crippen molar-refractivity contribution in [2.45, 2.75) is 19.9 Å². The number of nitrogens with two attached hydrogens (primary N) is 1. The summed E-state index contributed by atoms with van der Waals surface area (Å²) in [7, 11) is 0. The van der Waals surface area contributed by atoms with Crippen molar-refractivity contribution >= 4 is 0 Å². The van der Waals surface area contributed by atoms with E-state index in [1.54, 1.807) is 18.4 Å². The van der Waals surface area contributed by atoms with Crippen molar-refractivity contribution < 1.29 is 8.81 Å². The zero-order valence-electron chi connectivity index (χ0n) is 9.83. The van der Waals surface area contributed by atoms with Crippen molar-refractivity contribution in [3.63, 3.8) is 0 Å². The summed E-state index contributed by atoms with van der Waals surface area (Å²) in [6, 6.07) is 6.29. The zero-order chi connectivity index (χ0) is 12.4. The van der Waals surface area contributed by atoms with Crippen molar-refractivity contribution in [2.24, 2.45) is 5.84 Å². The Kier molecular flexibility index (Phi) is 3.26. The molecule has 0 amide bonds. The van der Waals surface area contributed by atoms with Gasteiger partial charge < -0.3 is 4.42 Å². The lowest BCUT2D eigenvalue weighted by molar-refractivity contribution is 0.438. The molecule has 1 atom stereocenters. The van der Waals surface area contributed by atoms with Gasteiger partial charge in [0, 0.05) is 5.56 Å². The summed E-state index contributed by atoms with van der Waals surface area (Å²) < 4.78 is 19.2. The maximum absolute atomic E-state index is 13.8. The Morgan fingerprint density at radius 1 is 1.29 bits per heavy atom. The van der Waals surface area contributed by atoms with Crippen molar-refractivity contribution in [1.82, 2.24) is 5.43 Å². The lowest BCUT2D eigenvalue weighted by Gasteiger charge is -2.16. The molecule has 3 nitrogen and oxygen atoms in total. The normalized spacial score (nSPS) is 12.7. The number of hydrogen-bond acceptors (Lipinski definition) is 3. The molecule has 1 aromatic carbocycles. The van der Waals surface area contributed by atoms with E-state index in [0.29, 0.717) is 11.3 Å². The molecule has 90 valence electrons. The highest BCUT2D eigenvalue weighted by Crippen LogP contribution is 2.27. The van der Waals surface area contributed by atoms with E-state index >= 15 is 0 Å². The van der Waals surface area contributed by atoms with Gasteiger partial charge >= 0.3 is 0 Å². The average molecular weight is 234 g/mol. The molecule has 0 saturated heterocycles.